The van der Waals surface area contributed by atoms with E-state index >= 15 is 0 Å². The average Bonchev–Trinajstić information content (AvgIpc) is 2.96. The van der Waals surface area contributed by atoms with Crippen LogP contribution in [0.2, 0.25) is 0 Å². The zero-order chi connectivity index (χ0) is 17.7. The fourth-order valence-corrected chi connectivity index (χ4v) is 4.26. The Bertz CT molecular complexity index is 624. The minimum atomic E-state index is -0.930. The van der Waals surface area contributed by atoms with Gasteiger partial charge in [-0.15, -0.1) is 11.3 Å². The number of esters is 1. The summed E-state index contributed by atoms with van der Waals surface area (Å²) < 4.78 is 4.78. The molecule has 1 amide bonds. The van der Waals surface area contributed by atoms with E-state index in [1.54, 1.807) is 6.07 Å². The van der Waals surface area contributed by atoms with E-state index in [4.69, 9.17) is 4.74 Å². The number of aryl methyl sites for hydroxylation is 1. The molecule has 132 valence electrons. The summed E-state index contributed by atoms with van der Waals surface area (Å²) in [6.07, 6.45) is 4.49. The third kappa shape index (κ3) is 4.14. The SMILES string of the molecule is CCCc1cc(C(=O)OC)c(NC(=O)[C@@H]2CCCC[C@H]2C(=O)O)s1. The van der Waals surface area contributed by atoms with Crippen LogP contribution in [0.1, 0.15) is 54.3 Å². The number of methoxy groups -OCH3 is 1. The highest BCUT2D eigenvalue weighted by molar-refractivity contribution is 7.16. The maximum atomic E-state index is 12.6. The molecule has 0 unspecified atom stereocenters. The molecular formula is C17H23NO5S. The molecule has 0 aliphatic heterocycles. The first-order chi connectivity index (χ1) is 11.5. The molecule has 1 aromatic rings. The smallest absolute Gasteiger partial charge is 0.340 e. The second-order valence-electron chi connectivity index (χ2n) is 6.02. The van der Waals surface area contributed by atoms with E-state index in [1.807, 2.05) is 6.92 Å². The number of hydrogen-bond acceptors (Lipinski definition) is 5. The first kappa shape index (κ1) is 18.4. The lowest BCUT2D eigenvalue weighted by atomic mass is 9.79. The number of amides is 1. The zero-order valence-electron chi connectivity index (χ0n) is 14.0. The lowest BCUT2D eigenvalue weighted by Crippen LogP contribution is -2.36. The van der Waals surface area contributed by atoms with Crippen LogP contribution < -0.4 is 5.32 Å². The molecule has 0 spiro atoms. The quantitative estimate of drug-likeness (QED) is 0.765. The van der Waals surface area contributed by atoms with E-state index in [-0.39, 0.29) is 5.91 Å². The lowest BCUT2D eigenvalue weighted by Gasteiger charge is -2.27. The van der Waals surface area contributed by atoms with E-state index < -0.39 is 23.8 Å². The second kappa shape index (κ2) is 8.28. The molecule has 2 atom stereocenters. The second-order valence-corrected chi connectivity index (χ2v) is 7.16. The van der Waals surface area contributed by atoms with Gasteiger partial charge in [-0.3, -0.25) is 9.59 Å². The topological polar surface area (TPSA) is 92.7 Å². The number of anilines is 1. The lowest BCUT2D eigenvalue weighted by molar-refractivity contribution is -0.147. The van der Waals surface area contributed by atoms with Crippen molar-refractivity contribution in [1.29, 1.82) is 0 Å². The first-order valence-corrected chi connectivity index (χ1v) is 9.04. The van der Waals surface area contributed by atoms with Gasteiger partial charge in [0.25, 0.3) is 0 Å². The highest BCUT2D eigenvalue weighted by Gasteiger charge is 2.36. The fourth-order valence-electron chi connectivity index (χ4n) is 3.11. The van der Waals surface area contributed by atoms with Gasteiger partial charge in [0.15, 0.2) is 0 Å². The third-order valence-electron chi connectivity index (χ3n) is 4.34. The molecule has 1 aliphatic rings. The molecule has 1 aliphatic carbocycles. The predicted octanol–water partition coefficient (Wildman–Crippen LogP) is 3.32. The van der Waals surface area contributed by atoms with Crippen LogP contribution >= 0.6 is 11.3 Å². The maximum absolute atomic E-state index is 12.6. The molecule has 1 fully saturated rings. The molecule has 24 heavy (non-hydrogen) atoms. The summed E-state index contributed by atoms with van der Waals surface area (Å²) in [4.78, 5) is 36.9. The van der Waals surface area contributed by atoms with Gasteiger partial charge in [0.2, 0.25) is 5.91 Å². The van der Waals surface area contributed by atoms with E-state index in [9.17, 15) is 19.5 Å². The molecule has 0 saturated heterocycles. The van der Waals surface area contributed by atoms with Gasteiger partial charge in [0, 0.05) is 4.88 Å². The maximum Gasteiger partial charge on any atom is 0.340 e. The van der Waals surface area contributed by atoms with E-state index in [0.717, 1.165) is 30.6 Å². The minimum absolute atomic E-state index is 0.322. The van der Waals surface area contributed by atoms with Crippen molar-refractivity contribution in [2.45, 2.75) is 45.4 Å². The third-order valence-corrected chi connectivity index (χ3v) is 5.45. The van der Waals surface area contributed by atoms with Gasteiger partial charge >= 0.3 is 11.9 Å². The van der Waals surface area contributed by atoms with Crippen molar-refractivity contribution in [1.82, 2.24) is 0 Å². The van der Waals surface area contributed by atoms with Gasteiger partial charge in [-0.1, -0.05) is 26.2 Å². The van der Waals surface area contributed by atoms with Gasteiger partial charge < -0.3 is 15.2 Å². The Morgan fingerprint density at radius 1 is 1.29 bits per heavy atom. The van der Waals surface area contributed by atoms with Crippen LogP contribution in [0.4, 0.5) is 5.00 Å². The number of aliphatic carboxylic acids is 1. The number of rotatable bonds is 6. The molecule has 7 heteroatoms. The van der Waals surface area contributed by atoms with Crippen molar-refractivity contribution in [3.8, 4) is 0 Å². The van der Waals surface area contributed by atoms with Crippen molar-refractivity contribution in [3.05, 3.63) is 16.5 Å². The van der Waals surface area contributed by atoms with Crippen LogP contribution in [0.15, 0.2) is 6.07 Å². The summed E-state index contributed by atoms with van der Waals surface area (Å²) in [7, 11) is 1.30. The van der Waals surface area contributed by atoms with Gasteiger partial charge in [-0.05, 0) is 25.3 Å². The number of hydrogen-bond donors (Lipinski definition) is 2. The van der Waals surface area contributed by atoms with Crippen molar-refractivity contribution in [2.24, 2.45) is 11.8 Å². The Balaban J connectivity index is 2.20. The first-order valence-electron chi connectivity index (χ1n) is 8.22. The van der Waals surface area contributed by atoms with Gasteiger partial charge in [-0.25, -0.2) is 4.79 Å². The van der Waals surface area contributed by atoms with Crippen molar-refractivity contribution < 1.29 is 24.2 Å². The summed E-state index contributed by atoms with van der Waals surface area (Å²) in [5, 5.41) is 12.6. The van der Waals surface area contributed by atoms with Crippen molar-refractivity contribution in [3.63, 3.8) is 0 Å². The summed E-state index contributed by atoms with van der Waals surface area (Å²) in [5.41, 5.74) is 0.335. The van der Waals surface area contributed by atoms with Crippen molar-refractivity contribution in [2.75, 3.05) is 12.4 Å². The Hall–Kier alpha value is -1.89. The van der Waals surface area contributed by atoms with Crippen LogP contribution in [-0.4, -0.2) is 30.1 Å². The molecule has 1 heterocycles. The molecule has 6 nitrogen and oxygen atoms in total. The average molecular weight is 353 g/mol. The fraction of sp³-hybridized carbons (Fsp3) is 0.588. The van der Waals surface area contributed by atoms with Gasteiger partial charge in [0.05, 0.1) is 24.5 Å². The van der Waals surface area contributed by atoms with E-state index in [2.05, 4.69) is 5.32 Å². The molecule has 2 rings (SSSR count). The van der Waals surface area contributed by atoms with Gasteiger partial charge in [-0.2, -0.15) is 0 Å². The summed E-state index contributed by atoms with van der Waals surface area (Å²) >= 11 is 1.35. The summed E-state index contributed by atoms with van der Waals surface area (Å²) in [6.45, 7) is 2.04. The number of thiophene rings is 1. The number of nitrogens with one attached hydrogen (secondary N) is 1. The Labute approximate surface area is 145 Å². The number of carbonyl (C=O) groups excluding carboxylic acids is 2. The molecule has 1 aromatic heterocycles. The Morgan fingerprint density at radius 2 is 1.96 bits per heavy atom. The van der Waals surface area contributed by atoms with Crippen LogP contribution in [0.25, 0.3) is 0 Å². The molecule has 1 saturated carbocycles. The predicted molar refractivity (Wildman–Crippen MR) is 91.4 cm³/mol. The van der Waals surface area contributed by atoms with Crippen LogP contribution in [-0.2, 0) is 20.7 Å². The van der Waals surface area contributed by atoms with E-state index in [1.165, 1.54) is 18.4 Å². The number of carbonyl (C=O) groups is 3. The highest BCUT2D eigenvalue weighted by Crippen LogP contribution is 2.34. The Morgan fingerprint density at radius 3 is 2.54 bits per heavy atom. The summed E-state index contributed by atoms with van der Waals surface area (Å²) in [5.74, 6) is -2.96. The van der Waals surface area contributed by atoms with Crippen LogP contribution in [0.3, 0.4) is 0 Å². The molecule has 0 aromatic carbocycles. The number of ether oxygens (including phenoxy) is 1. The largest absolute Gasteiger partial charge is 0.481 e. The molecular weight excluding hydrogens is 330 g/mol. The molecule has 2 N–H and O–H groups in total. The van der Waals surface area contributed by atoms with E-state index in [0.29, 0.717) is 23.4 Å². The van der Waals surface area contributed by atoms with Crippen molar-refractivity contribution >= 4 is 34.2 Å². The van der Waals surface area contributed by atoms with Crippen LogP contribution in [0, 0.1) is 11.8 Å². The minimum Gasteiger partial charge on any atom is -0.481 e. The van der Waals surface area contributed by atoms with Gasteiger partial charge in [0.1, 0.15) is 5.00 Å². The monoisotopic (exact) mass is 353 g/mol. The molecule has 0 radical (unpaired) electrons. The highest BCUT2D eigenvalue weighted by atomic mass is 32.1. The molecule has 0 bridgehead atoms. The normalized spacial score (nSPS) is 20.4. The number of carboxylic acid groups (broad SMARTS) is 1. The standard InChI is InChI=1S/C17H23NO5S/c1-3-6-10-9-13(17(22)23-2)15(24-10)18-14(19)11-7-4-5-8-12(11)16(20)21/h9,11-12H,3-8H2,1-2H3,(H,18,19)(H,20,21)/t11-,12-/m1/s1. The summed E-state index contributed by atoms with van der Waals surface area (Å²) in [6, 6.07) is 1.74. The zero-order valence-corrected chi connectivity index (χ0v) is 14.8. The number of carboxylic acids is 1. The van der Waals surface area contributed by atoms with Crippen LogP contribution in [0.5, 0.6) is 0 Å². The Kier molecular flexibility index (Phi) is 6.36.